The molecule has 0 bridgehead atoms. The molecule has 0 fully saturated rings. The molecular formula is C36H69NO6. The van der Waals surface area contributed by atoms with Crippen LogP contribution in [0, 0.1) is 0 Å². The Morgan fingerprint density at radius 3 is 1.33 bits per heavy atom. The Kier molecular flexibility index (Phi) is 32.0. The fourth-order valence-electron chi connectivity index (χ4n) is 5.34. The first-order chi connectivity index (χ1) is 21.0. The van der Waals surface area contributed by atoms with Gasteiger partial charge < -0.3 is 19.9 Å². The number of unbranched alkanes of at least 4 members (excludes halogenated alkanes) is 23. The molecule has 1 atom stereocenters. The molecule has 1 amide bonds. The first-order valence-corrected chi connectivity index (χ1v) is 18.2. The van der Waals surface area contributed by atoms with E-state index in [0.717, 1.165) is 51.5 Å². The van der Waals surface area contributed by atoms with Crippen LogP contribution in [0.1, 0.15) is 187 Å². The van der Waals surface area contributed by atoms with Gasteiger partial charge in [-0.2, -0.15) is 0 Å². The van der Waals surface area contributed by atoms with Crippen molar-refractivity contribution in [3.05, 3.63) is 0 Å². The summed E-state index contributed by atoms with van der Waals surface area (Å²) in [6, 6.07) is 0. The summed E-state index contributed by atoms with van der Waals surface area (Å²) in [5.74, 6) is -0.548. The van der Waals surface area contributed by atoms with Crippen molar-refractivity contribution in [2.45, 2.75) is 193 Å². The highest BCUT2D eigenvalue weighted by atomic mass is 16.6. The predicted octanol–water partition coefficient (Wildman–Crippen LogP) is 9.12. The fourth-order valence-corrected chi connectivity index (χ4v) is 5.34. The van der Waals surface area contributed by atoms with Crippen LogP contribution in [0.4, 0.5) is 0 Å². The first kappa shape index (κ1) is 41.4. The average Bonchev–Trinajstić information content (AvgIpc) is 2.99. The molecule has 0 rings (SSSR count). The second-order valence-electron chi connectivity index (χ2n) is 12.4. The fraction of sp³-hybridized carbons (Fsp3) is 0.917. The predicted molar refractivity (Wildman–Crippen MR) is 177 cm³/mol. The quantitative estimate of drug-likeness (QED) is 0.0567. The van der Waals surface area contributed by atoms with Crippen LogP contribution in [0.5, 0.6) is 0 Å². The third kappa shape index (κ3) is 33.1. The molecule has 0 aromatic rings. The van der Waals surface area contributed by atoms with Crippen molar-refractivity contribution < 1.29 is 29.0 Å². The summed E-state index contributed by atoms with van der Waals surface area (Å²) in [6.07, 6.45) is 30.3. The van der Waals surface area contributed by atoms with E-state index in [9.17, 15) is 19.5 Å². The normalized spacial score (nSPS) is 11.8. The van der Waals surface area contributed by atoms with E-state index in [1.165, 1.54) is 116 Å². The number of esters is 2. The SMILES string of the molecule is CCCCCCCCCCCCCCC(=O)O[C@@H](CO)COC(=O)CCCCCCCCCCCCCCCNC(C)=O. The summed E-state index contributed by atoms with van der Waals surface area (Å²) in [5.41, 5.74) is 0. The van der Waals surface area contributed by atoms with Crippen LogP contribution in [-0.4, -0.2) is 48.8 Å². The minimum atomic E-state index is -0.774. The first-order valence-electron chi connectivity index (χ1n) is 18.2. The number of ether oxygens (including phenoxy) is 2. The largest absolute Gasteiger partial charge is 0.462 e. The van der Waals surface area contributed by atoms with E-state index in [-0.39, 0.29) is 31.1 Å². The molecule has 0 unspecified atom stereocenters. The number of carbonyl (C=O) groups excluding carboxylic acids is 3. The molecule has 0 aliphatic heterocycles. The van der Waals surface area contributed by atoms with Gasteiger partial charge in [-0.3, -0.25) is 14.4 Å². The molecule has 0 aromatic heterocycles. The molecule has 0 saturated carbocycles. The van der Waals surface area contributed by atoms with E-state index in [1.54, 1.807) is 6.92 Å². The number of carbonyl (C=O) groups is 3. The van der Waals surface area contributed by atoms with Gasteiger partial charge in [-0.05, 0) is 19.3 Å². The number of rotatable bonds is 33. The maximum absolute atomic E-state index is 12.1. The van der Waals surface area contributed by atoms with E-state index in [1.807, 2.05) is 0 Å². The highest BCUT2D eigenvalue weighted by Gasteiger charge is 2.16. The Labute approximate surface area is 265 Å². The number of aliphatic hydroxyl groups excluding tert-OH is 1. The molecule has 2 N–H and O–H groups in total. The van der Waals surface area contributed by atoms with Gasteiger partial charge in [0.1, 0.15) is 6.61 Å². The van der Waals surface area contributed by atoms with Crippen LogP contribution in [0.2, 0.25) is 0 Å². The van der Waals surface area contributed by atoms with E-state index >= 15 is 0 Å². The van der Waals surface area contributed by atoms with Crippen LogP contribution in [0.25, 0.3) is 0 Å². The molecule has 0 aromatic carbocycles. The Bertz CT molecular complexity index is 641. The molecule has 7 nitrogen and oxygen atoms in total. The van der Waals surface area contributed by atoms with Crippen molar-refractivity contribution >= 4 is 17.8 Å². The van der Waals surface area contributed by atoms with Crippen molar-refractivity contribution in [3.63, 3.8) is 0 Å². The van der Waals surface area contributed by atoms with Crippen LogP contribution >= 0.6 is 0 Å². The minimum Gasteiger partial charge on any atom is -0.462 e. The van der Waals surface area contributed by atoms with Crippen molar-refractivity contribution in [1.29, 1.82) is 0 Å². The lowest BCUT2D eigenvalue weighted by atomic mass is 10.0. The Hall–Kier alpha value is -1.63. The van der Waals surface area contributed by atoms with E-state index in [2.05, 4.69) is 12.2 Å². The lowest BCUT2D eigenvalue weighted by Gasteiger charge is -2.15. The molecule has 43 heavy (non-hydrogen) atoms. The molecular weight excluding hydrogens is 542 g/mol. The van der Waals surface area contributed by atoms with Gasteiger partial charge in [0.15, 0.2) is 6.10 Å². The standard InChI is InChI=1S/C36H69NO6/c1-3-4-5-6-7-8-9-13-17-20-23-26-29-36(41)43-34(31-38)32-42-35(40)28-25-22-19-16-14-11-10-12-15-18-21-24-27-30-37-33(2)39/h34,38H,3-32H2,1-2H3,(H,37,39)/t34-/m0/s1. The van der Waals surface area contributed by atoms with Crippen molar-refractivity contribution in [1.82, 2.24) is 5.32 Å². The highest BCUT2D eigenvalue weighted by Crippen LogP contribution is 2.14. The summed E-state index contributed by atoms with van der Waals surface area (Å²) in [7, 11) is 0. The molecule has 0 spiro atoms. The topological polar surface area (TPSA) is 102 Å². The van der Waals surface area contributed by atoms with Gasteiger partial charge >= 0.3 is 11.9 Å². The maximum Gasteiger partial charge on any atom is 0.306 e. The zero-order chi connectivity index (χ0) is 31.6. The Morgan fingerprint density at radius 2 is 0.930 bits per heavy atom. The van der Waals surface area contributed by atoms with Crippen LogP contribution in [-0.2, 0) is 23.9 Å². The van der Waals surface area contributed by atoms with Crippen molar-refractivity contribution in [2.24, 2.45) is 0 Å². The van der Waals surface area contributed by atoms with Gasteiger partial charge in [0.05, 0.1) is 6.61 Å². The van der Waals surface area contributed by atoms with E-state index in [0.29, 0.717) is 12.8 Å². The maximum atomic E-state index is 12.1. The molecule has 0 saturated heterocycles. The number of hydrogen-bond acceptors (Lipinski definition) is 6. The molecule has 0 aliphatic rings. The second-order valence-corrected chi connectivity index (χ2v) is 12.4. The van der Waals surface area contributed by atoms with Crippen LogP contribution in [0.15, 0.2) is 0 Å². The zero-order valence-corrected chi connectivity index (χ0v) is 28.3. The third-order valence-corrected chi connectivity index (χ3v) is 8.10. The second kappa shape index (κ2) is 33.3. The summed E-state index contributed by atoms with van der Waals surface area (Å²) < 4.78 is 10.6. The summed E-state index contributed by atoms with van der Waals surface area (Å²) in [6.45, 7) is 4.21. The lowest BCUT2D eigenvalue weighted by Crippen LogP contribution is -2.28. The molecule has 0 heterocycles. The zero-order valence-electron chi connectivity index (χ0n) is 28.3. The summed E-state index contributed by atoms with van der Waals surface area (Å²) in [5, 5.41) is 12.4. The average molecular weight is 612 g/mol. The molecule has 254 valence electrons. The third-order valence-electron chi connectivity index (χ3n) is 8.10. The number of aliphatic hydroxyl groups is 1. The van der Waals surface area contributed by atoms with Gasteiger partial charge in [-0.25, -0.2) is 0 Å². The molecule has 7 heteroatoms. The van der Waals surface area contributed by atoms with Gasteiger partial charge in [-0.1, -0.05) is 148 Å². The van der Waals surface area contributed by atoms with Gasteiger partial charge in [0.2, 0.25) is 5.91 Å². The van der Waals surface area contributed by atoms with Gasteiger partial charge in [0.25, 0.3) is 0 Å². The number of nitrogens with one attached hydrogen (secondary N) is 1. The minimum absolute atomic E-state index is 0.0607. The Balaban J connectivity index is 3.50. The summed E-state index contributed by atoms with van der Waals surface area (Å²) >= 11 is 0. The molecule has 0 aliphatic carbocycles. The lowest BCUT2D eigenvalue weighted by molar-refractivity contribution is -0.161. The van der Waals surface area contributed by atoms with Crippen LogP contribution in [0.3, 0.4) is 0 Å². The van der Waals surface area contributed by atoms with E-state index < -0.39 is 6.10 Å². The smallest absolute Gasteiger partial charge is 0.306 e. The van der Waals surface area contributed by atoms with Crippen LogP contribution < -0.4 is 5.32 Å². The number of amides is 1. The highest BCUT2D eigenvalue weighted by molar-refractivity contribution is 5.72. The molecule has 0 radical (unpaired) electrons. The van der Waals surface area contributed by atoms with Gasteiger partial charge in [-0.15, -0.1) is 0 Å². The number of hydrogen-bond donors (Lipinski definition) is 2. The van der Waals surface area contributed by atoms with Gasteiger partial charge in [0, 0.05) is 26.3 Å². The Morgan fingerprint density at radius 1 is 0.558 bits per heavy atom. The van der Waals surface area contributed by atoms with Crippen molar-refractivity contribution in [2.75, 3.05) is 19.8 Å². The monoisotopic (exact) mass is 612 g/mol. The van der Waals surface area contributed by atoms with E-state index in [4.69, 9.17) is 9.47 Å². The summed E-state index contributed by atoms with van der Waals surface area (Å²) in [4.78, 5) is 35.0. The van der Waals surface area contributed by atoms with Crippen molar-refractivity contribution in [3.8, 4) is 0 Å².